The number of hydrogen-bond acceptors (Lipinski definition) is 6. The van der Waals surface area contributed by atoms with E-state index in [4.69, 9.17) is 21.1 Å². The second-order valence-corrected chi connectivity index (χ2v) is 11.1. The van der Waals surface area contributed by atoms with Crippen LogP contribution in [0.25, 0.3) is 0 Å². The van der Waals surface area contributed by atoms with Gasteiger partial charge in [-0.3, -0.25) is 9.59 Å². The topological polar surface area (TPSA) is 59.1 Å². The fourth-order valence-corrected chi connectivity index (χ4v) is 6.39. The number of benzene rings is 1. The van der Waals surface area contributed by atoms with E-state index in [0.717, 1.165) is 24.8 Å². The second-order valence-electron chi connectivity index (χ2n) is 8.71. The molecule has 0 unspecified atom stereocenters. The molecule has 4 heterocycles. The van der Waals surface area contributed by atoms with Crippen LogP contribution in [-0.2, 0) is 16.0 Å². The third kappa shape index (κ3) is 5.72. The first-order valence-electron chi connectivity index (χ1n) is 11.8. The summed E-state index contributed by atoms with van der Waals surface area (Å²) in [6, 6.07) is 12.8. The lowest BCUT2D eigenvalue weighted by Crippen LogP contribution is -2.49. The summed E-state index contributed by atoms with van der Waals surface area (Å²) in [6.45, 7) is 2.08. The lowest BCUT2D eigenvalue weighted by Gasteiger charge is -2.37. The molecule has 2 amide bonds. The maximum Gasteiger partial charge on any atom is 0.264 e. The number of amides is 2. The molecule has 6 nitrogen and oxygen atoms in total. The van der Waals surface area contributed by atoms with Gasteiger partial charge in [0, 0.05) is 29.6 Å². The lowest BCUT2D eigenvalue weighted by atomic mass is 10.0. The summed E-state index contributed by atoms with van der Waals surface area (Å²) >= 11 is 9.11. The van der Waals surface area contributed by atoms with E-state index in [-0.39, 0.29) is 30.5 Å². The Morgan fingerprint density at radius 3 is 2.74 bits per heavy atom. The monoisotopic (exact) mass is 530 g/mol. The Balaban J connectivity index is 1.33. The van der Waals surface area contributed by atoms with Gasteiger partial charge in [-0.2, -0.15) is 0 Å². The Morgan fingerprint density at radius 1 is 1.14 bits per heavy atom. The average Bonchev–Trinajstić information content (AvgIpc) is 3.65. The van der Waals surface area contributed by atoms with Crippen LogP contribution < -0.4 is 4.74 Å². The predicted molar refractivity (Wildman–Crippen MR) is 139 cm³/mol. The van der Waals surface area contributed by atoms with E-state index >= 15 is 0 Å². The van der Waals surface area contributed by atoms with Gasteiger partial charge in [-0.25, -0.2) is 0 Å². The first kappa shape index (κ1) is 24.3. The van der Waals surface area contributed by atoms with Crippen molar-refractivity contribution < 1.29 is 19.1 Å². The van der Waals surface area contributed by atoms with E-state index < -0.39 is 0 Å². The van der Waals surface area contributed by atoms with Crippen molar-refractivity contribution in [1.82, 2.24) is 9.80 Å². The number of carbonyl (C=O) groups excluding carboxylic acids is 2. The molecule has 2 aliphatic rings. The molecular formula is C26H27ClN2O4S2. The number of rotatable bonds is 8. The average molecular weight is 531 g/mol. The Hall–Kier alpha value is -2.39. The largest absolute Gasteiger partial charge is 0.491 e. The summed E-state index contributed by atoms with van der Waals surface area (Å²) < 4.78 is 11.9. The molecular weight excluding hydrogens is 504 g/mol. The Kier molecular flexibility index (Phi) is 7.72. The van der Waals surface area contributed by atoms with Crippen LogP contribution in [0.4, 0.5) is 0 Å². The molecule has 0 aliphatic carbocycles. The van der Waals surface area contributed by atoms with Gasteiger partial charge in [-0.15, -0.1) is 22.7 Å². The number of ether oxygens (including phenoxy) is 2. The zero-order valence-electron chi connectivity index (χ0n) is 19.2. The smallest absolute Gasteiger partial charge is 0.264 e. The molecule has 0 spiro atoms. The molecule has 35 heavy (non-hydrogen) atoms. The minimum atomic E-state index is -0.213. The molecule has 5 rings (SSSR count). The predicted octanol–water partition coefficient (Wildman–Crippen LogP) is 5.29. The summed E-state index contributed by atoms with van der Waals surface area (Å²) in [5, 5.41) is 4.60. The maximum atomic E-state index is 13.7. The Labute approximate surface area is 218 Å². The molecule has 1 saturated heterocycles. The van der Waals surface area contributed by atoms with Crippen LogP contribution in [0.15, 0.2) is 53.2 Å². The second kappa shape index (κ2) is 11.1. The molecule has 0 saturated carbocycles. The molecule has 3 aromatic rings. The first-order chi connectivity index (χ1) is 17.1. The summed E-state index contributed by atoms with van der Waals surface area (Å²) in [7, 11) is 0. The fourth-order valence-electron chi connectivity index (χ4n) is 4.64. The number of fused-ring (bicyclic) bond motifs is 1. The van der Waals surface area contributed by atoms with Crippen LogP contribution in [0.2, 0.25) is 5.02 Å². The maximum absolute atomic E-state index is 13.7. The van der Waals surface area contributed by atoms with Gasteiger partial charge < -0.3 is 19.3 Å². The SMILES string of the molecule is O=C(c1cccs1)N(CC(=O)N1CCc2sccc2[C@@H]1COc1ccc(Cl)cc1)C[C@H]1CCCO1. The van der Waals surface area contributed by atoms with Gasteiger partial charge in [0.25, 0.3) is 5.91 Å². The highest BCUT2D eigenvalue weighted by Crippen LogP contribution is 2.34. The van der Waals surface area contributed by atoms with Crippen molar-refractivity contribution in [2.75, 3.05) is 32.8 Å². The van der Waals surface area contributed by atoms with E-state index in [9.17, 15) is 9.59 Å². The Bertz CT molecular complexity index is 1140. The highest BCUT2D eigenvalue weighted by atomic mass is 35.5. The quantitative estimate of drug-likeness (QED) is 0.397. The summed E-state index contributed by atoms with van der Waals surface area (Å²) in [4.78, 5) is 32.4. The summed E-state index contributed by atoms with van der Waals surface area (Å²) in [5.41, 5.74) is 1.12. The van der Waals surface area contributed by atoms with Crippen molar-refractivity contribution in [3.8, 4) is 5.75 Å². The van der Waals surface area contributed by atoms with Crippen molar-refractivity contribution in [3.05, 3.63) is 73.6 Å². The van der Waals surface area contributed by atoms with Crippen LogP contribution in [-0.4, -0.2) is 60.6 Å². The third-order valence-corrected chi connectivity index (χ3v) is 8.54. The van der Waals surface area contributed by atoms with Gasteiger partial charge in [0.1, 0.15) is 18.9 Å². The van der Waals surface area contributed by atoms with Gasteiger partial charge in [0.2, 0.25) is 5.91 Å². The fraction of sp³-hybridized carbons (Fsp3) is 0.385. The van der Waals surface area contributed by atoms with Crippen LogP contribution in [0.5, 0.6) is 5.75 Å². The van der Waals surface area contributed by atoms with Crippen molar-refractivity contribution in [1.29, 1.82) is 0 Å². The van der Waals surface area contributed by atoms with Gasteiger partial charge in [-0.1, -0.05) is 17.7 Å². The normalized spacial score (nSPS) is 19.4. The van der Waals surface area contributed by atoms with E-state index in [0.29, 0.717) is 42.0 Å². The molecule has 0 N–H and O–H groups in total. The van der Waals surface area contributed by atoms with Crippen molar-refractivity contribution >= 4 is 46.1 Å². The van der Waals surface area contributed by atoms with Crippen LogP contribution in [0.1, 0.15) is 39.0 Å². The molecule has 0 radical (unpaired) electrons. The molecule has 2 aromatic heterocycles. The van der Waals surface area contributed by atoms with Crippen molar-refractivity contribution in [2.45, 2.75) is 31.4 Å². The molecule has 1 aromatic carbocycles. The van der Waals surface area contributed by atoms with Crippen LogP contribution in [0, 0.1) is 0 Å². The van der Waals surface area contributed by atoms with Crippen LogP contribution >= 0.6 is 34.3 Å². The van der Waals surface area contributed by atoms with Gasteiger partial charge in [0.15, 0.2) is 0 Å². The molecule has 2 aliphatic heterocycles. The highest BCUT2D eigenvalue weighted by molar-refractivity contribution is 7.12. The van der Waals surface area contributed by atoms with Gasteiger partial charge in [-0.05, 0) is 72.0 Å². The highest BCUT2D eigenvalue weighted by Gasteiger charge is 2.34. The standard InChI is InChI=1S/C26H27ClN2O4S2/c27-18-5-7-19(8-6-18)33-17-22-21-10-14-35-23(21)9-11-29(22)25(30)16-28(15-20-3-1-12-32-20)26(31)24-4-2-13-34-24/h2,4-8,10,13-14,20,22H,1,3,9,11-12,15-17H2/t20-,22+/m1/s1. The molecule has 184 valence electrons. The van der Waals surface area contributed by atoms with Crippen molar-refractivity contribution in [2.24, 2.45) is 0 Å². The van der Waals surface area contributed by atoms with E-state index in [1.165, 1.54) is 16.2 Å². The number of thiophene rings is 2. The third-order valence-electron chi connectivity index (χ3n) is 6.43. The van der Waals surface area contributed by atoms with Gasteiger partial charge >= 0.3 is 0 Å². The van der Waals surface area contributed by atoms with Gasteiger partial charge in [0.05, 0.1) is 17.0 Å². The minimum Gasteiger partial charge on any atom is -0.491 e. The molecule has 0 bridgehead atoms. The van der Waals surface area contributed by atoms with Crippen molar-refractivity contribution in [3.63, 3.8) is 0 Å². The zero-order chi connectivity index (χ0) is 24.2. The van der Waals surface area contributed by atoms with Crippen LogP contribution in [0.3, 0.4) is 0 Å². The summed E-state index contributed by atoms with van der Waals surface area (Å²) in [6.07, 6.45) is 2.67. The molecule has 1 fully saturated rings. The number of hydrogen-bond donors (Lipinski definition) is 0. The summed E-state index contributed by atoms with van der Waals surface area (Å²) in [5.74, 6) is 0.512. The molecule has 9 heteroatoms. The lowest BCUT2D eigenvalue weighted by molar-refractivity contribution is -0.135. The Morgan fingerprint density at radius 2 is 2.00 bits per heavy atom. The number of nitrogens with zero attached hydrogens (tertiary/aromatic N) is 2. The first-order valence-corrected chi connectivity index (χ1v) is 13.9. The van der Waals surface area contributed by atoms with E-state index in [1.807, 2.05) is 28.5 Å². The molecule has 2 atom stereocenters. The van der Waals surface area contributed by atoms with E-state index in [1.54, 1.807) is 34.4 Å². The zero-order valence-corrected chi connectivity index (χ0v) is 21.6. The van der Waals surface area contributed by atoms with E-state index in [2.05, 4.69) is 11.4 Å². The number of halogens is 1. The minimum absolute atomic E-state index is 0.0213. The number of carbonyl (C=O) groups is 2.